The van der Waals surface area contributed by atoms with Gasteiger partial charge in [-0.3, -0.25) is 9.59 Å². The van der Waals surface area contributed by atoms with E-state index in [2.05, 4.69) is 17.6 Å². The third-order valence-electron chi connectivity index (χ3n) is 3.09. The van der Waals surface area contributed by atoms with E-state index in [-0.39, 0.29) is 23.8 Å². The molecule has 0 saturated heterocycles. The Labute approximate surface area is 125 Å². The average Bonchev–Trinajstić information content (AvgIpc) is 2.89. The second-order valence-corrected chi connectivity index (χ2v) is 6.32. The lowest BCUT2D eigenvalue weighted by atomic mass is 10.0. The van der Waals surface area contributed by atoms with Crippen LogP contribution in [0.15, 0.2) is 17.5 Å². The van der Waals surface area contributed by atoms with Crippen molar-refractivity contribution in [3.05, 3.63) is 22.4 Å². The lowest BCUT2D eigenvalue weighted by Crippen LogP contribution is -2.51. The lowest BCUT2D eigenvalue weighted by molar-refractivity contribution is -0.124. The summed E-state index contributed by atoms with van der Waals surface area (Å²) in [4.78, 5) is 24.9. The van der Waals surface area contributed by atoms with E-state index in [1.165, 1.54) is 11.3 Å². The molecule has 0 spiro atoms. The summed E-state index contributed by atoms with van der Waals surface area (Å²) in [6.07, 6.45) is 1.96. The Bertz CT molecular complexity index is 429. The molecular formula is C15H24N2O2S. The van der Waals surface area contributed by atoms with E-state index >= 15 is 0 Å². The van der Waals surface area contributed by atoms with Crippen LogP contribution in [-0.4, -0.2) is 23.9 Å². The molecule has 1 aromatic rings. The molecule has 2 amide bonds. The molecule has 0 bridgehead atoms. The predicted octanol–water partition coefficient (Wildman–Crippen LogP) is 2.81. The fourth-order valence-corrected chi connectivity index (χ4v) is 2.62. The second kappa shape index (κ2) is 8.04. The van der Waals surface area contributed by atoms with Gasteiger partial charge in [0, 0.05) is 6.04 Å². The summed E-state index contributed by atoms with van der Waals surface area (Å²) >= 11 is 1.37. The van der Waals surface area contributed by atoms with Gasteiger partial charge in [-0.05, 0) is 30.7 Å². The zero-order chi connectivity index (χ0) is 15.1. The van der Waals surface area contributed by atoms with Crippen LogP contribution < -0.4 is 10.6 Å². The molecule has 20 heavy (non-hydrogen) atoms. The third kappa shape index (κ3) is 4.96. The molecule has 1 rings (SSSR count). The fourth-order valence-electron chi connectivity index (χ4n) is 1.99. The highest BCUT2D eigenvalue weighted by Gasteiger charge is 2.25. The van der Waals surface area contributed by atoms with Crippen molar-refractivity contribution in [1.82, 2.24) is 10.6 Å². The van der Waals surface area contributed by atoms with Gasteiger partial charge >= 0.3 is 0 Å². The number of carbonyl (C=O) groups excluding carboxylic acids is 2. The van der Waals surface area contributed by atoms with Crippen molar-refractivity contribution in [3.63, 3.8) is 0 Å². The minimum atomic E-state index is -0.496. The van der Waals surface area contributed by atoms with Gasteiger partial charge in [-0.15, -0.1) is 11.3 Å². The summed E-state index contributed by atoms with van der Waals surface area (Å²) < 4.78 is 0. The van der Waals surface area contributed by atoms with Crippen molar-refractivity contribution in [1.29, 1.82) is 0 Å². The highest BCUT2D eigenvalue weighted by molar-refractivity contribution is 7.12. The normalized spacial score (nSPS) is 13.8. The third-order valence-corrected chi connectivity index (χ3v) is 3.96. The van der Waals surface area contributed by atoms with Gasteiger partial charge in [-0.25, -0.2) is 0 Å². The average molecular weight is 296 g/mol. The number of hydrogen-bond donors (Lipinski definition) is 2. The van der Waals surface area contributed by atoms with Gasteiger partial charge in [-0.2, -0.15) is 0 Å². The van der Waals surface area contributed by atoms with Gasteiger partial charge in [0.25, 0.3) is 5.91 Å². The van der Waals surface area contributed by atoms with E-state index in [9.17, 15) is 9.59 Å². The molecule has 4 nitrogen and oxygen atoms in total. The highest BCUT2D eigenvalue weighted by atomic mass is 32.1. The summed E-state index contributed by atoms with van der Waals surface area (Å²) in [6.45, 7) is 7.94. The summed E-state index contributed by atoms with van der Waals surface area (Å²) in [7, 11) is 0. The number of rotatable bonds is 7. The van der Waals surface area contributed by atoms with Crippen LogP contribution in [0.25, 0.3) is 0 Å². The maximum absolute atomic E-state index is 12.3. The SMILES string of the molecule is CCCC(C)NC(=O)C(NC(=O)c1cccs1)C(C)C. The molecule has 2 unspecified atom stereocenters. The van der Waals surface area contributed by atoms with E-state index in [0.29, 0.717) is 4.88 Å². The van der Waals surface area contributed by atoms with Gasteiger partial charge in [0.2, 0.25) is 5.91 Å². The summed E-state index contributed by atoms with van der Waals surface area (Å²) in [5.41, 5.74) is 0. The van der Waals surface area contributed by atoms with Crippen molar-refractivity contribution in [3.8, 4) is 0 Å². The van der Waals surface area contributed by atoms with Crippen molar-refractivity contribution in [2.75, 3.05) is 0 Å². The van der Waals surface area contributed by atoms with Gasteiger partial charge < -0.3 is 10.6 Å². The molecule has 0 fully saturated rings. The fraction of sp³-hybridized carbons (Fsp3) is 0.600. The van der Waals surface area contributed by atoms with Gasteiger partial charge in [-0.1, -0.05) is 33.3 Å². The second-order valence-electron chi connectivity index (χ2n) is 5.37. The monoisotopic (exact) mass is 296 g/mol. The Kier molecular flexibility index (Phi) is 6.71. The minimum absolute atomic E-state index is 0.0488. The molecule has 1 heterocycles. The van der Waals surface area contributed by atoms with Crippen LogP contribution in [0.1, 0.15) is 50.2 Å². The first-order valence-electron chi connectivity index (χ1n) is 7.10. The van der Waals surface area contributed by atoms with Gasteiger partial charge in [0.15, 0.2) is 0 Å². The number of amides is 2. The molecule has 2 atom stereocenters. The van der Waals surface area contributed by atoms with E-state index in [0.717, 1.165) is 12.8 Å². The molecule has 5 heteroatoms. The molecule has 2 N–H and O–H groups in total. The maximum atomic E-state index is 12.3. The largest absolute Gasteiger partial charge is 0.352 e. The first-order valence-corrected chi connectivity index (χ1v) is 7.98. The Morgan fingerprint density at radius 1 is 1.25 bits per heavy atom. The van der Waals surface area contributed by atoms with Crippen LogP contribution in [0.4, 0.5) is 0 Å². The summed E-state index contributed by atoms with van der Waals surface area (Å²) in [5, 5.41) is 7.64. The Hall–Kier alpha value is -1.36. The van der Waals surface area contributed by atoms with Crippen LogP contribution in [0.2, 0.25) is 0 Å². The topological polar surface area (TPSA) is 58.2 Å². The zero-order valence-electron chi connectivity index (χ0n) is 12.6. The predicted molar refractivity (Wildman–Crippen MR) is 82.9 cm³/mol. The van der Waals surface area contributed by atoms with Crippen molar-refractivity contribution < 1.29 is 9.59 Å². The number of carbonyl (C=O) groups is 2. The molecule has 0 aliphatic carbocycles. The number of hydrogen-bond acceptors (Lipinski definition) is 3. The van der Waals surface area contributed by atoms with Gasteiger partial charge in [0.1, 0.15) is 6.04 Å². The van der Waals surface area contributed by atoms with Crippen LogP contribution in [0.3, 0.4) is 0 Å². The van der Waals surface area contributed by atoms with Crippen molar-refractivity contribution >= 4 is 23.2 Å². The Balaban J connectivity index is 2.64. The maximum Gasteiger partial charge on any atom is 0.262 e. The number of thiophene rings is 1. The lowest BCUT2D eigenvalue weighted by Gasteiger charge is -2.23. The smallest absolute Gasteiger partial charge is 0.262 e. The molecule has 1 aromatic heterocycles. The van der Waals surface area contributed by atoms with Crippen molar-refractivity contribution in [2.24, 2.45) is 5.92 Å². The molecule has 0 aliphatic heterocycles. The first-order chi connectivity index (χ1) is 9.45. The van der Waals surface area contributed by atoms with Crippen LogP contribution in [-0.2, 0) is 4.79 Å². The summed E-state index contributed by atoms with van der Waals surface area (Å²) in [6, 6.07) is 3.22. The minimum Gasteiger partial charge on any atom is -0.352 e. The standard InChI is InChI=1S/C15H24N2O2S/c1-5-7-11(4)16-15(19)13(10(2)3)17-14(18)12-8-6-9-20-12/h6,8-11,13H,5,7H2,1-4H3,(H,16,19)(H,17,18). The van der Waals surface area contributed by atoms with Crippen molar-refractivity contribution in [2.45, 2.75) is 52.6 Å². The Morgan fingerprint density at radius 2 is 1.95 bits per heavy atom. The number of nitrogens with one attached hydrogen (secondary N) is 2. The highest BCUT2D eigenvalue weighted by Crippen LogP contribution is 2.10. The quantitative estimate of drug-likeness (QED) is 0.813. The van der Waals surface area contributed by atoms with Crippen LogP contribution in [0.5, 0.6) is 0 Å². The molecule has 112 valence electrons. The zero-order valence-corrected chi connectivity index (χ0v) is 13.4. The van der Waals surface area contributed by atoms with E-state index in [1.54, 1.807) is 6.07 Å². The van der Waals surface area contributed by atoms with Gasteiger partial charge in [0.05, 0.1) is 4.88 Å². The van der Waals surface area contributed by atoms with Crippen LogP contribution >= 0.6 is 11.3 Å². The molecule has 0 saturated carbocycles. The summed E-state index contributed by atoms with van der Waals surface area (Å²) in [5.74, 6) is -0.240. The van der Waals surface area contributed by atoms with Crippen LogP contribution in [0, 0.1) is 5.92 Å². The molecule has 0 aliphatic rings. The molecule has 0 radical (unpaired) electrons. The van der Waals surface area contributed by atoms with E-state index < -0.39 is 6.04 Å². The van der Waals surface area contributed by atoms with E-state index in [1.807, 2.05) is 32.2 Å². The van der Waals surface area contributed by atoms with E-state index in [4.69, 9.17) is 0 Å². The molecule has 0 aromatic carbocycles. The Morgan fingerprint density at radius 3 is 2.45 bits per heavy atom. The molecular weight excluding hydrogens is 272 g/mol. The first kappa shape index (κ1) is 16.7.